The van der Waals surface area contributed by atoms with Crippen LogP contribution in [0.3, 0.4) is 0 Å². The molecular weight excluding hydrogens is 194 g/mol. The molecule has 0 saturated heterocycles. The van der Waals surface area contributed by atoms with Crippen molar-refractivity contribution in [3.8, 4) is 0 Å². The first-order valence-corrected chi connectivity index (χ1v) is 5.34. The Morgan fingerprint density at radius 2 is 1.80 bits per heavy atom. The fraction of sp³-hybridized carbons (Fsp3) is 0.538. The van der Waals surface area contributed by atoms with Gasteiger partial charge in [-0.3, -0.25) is 0 Å². The highest BCUT2D eigenvalue weighted by atomic mass is 19.2. The van der Waals surface area contributed by atoms with Gasteiger partial charge in [-0.25, -0.2) is 8.78 Å². The SMILES string of the molecule is CC(C)(C)C1CC1c1ccc(F)c(F)c1. The van der Waals surface area contributed by atoms with Gasteiger partial charge in [0.2, 0.25) is 0 Å². The highest BCUT2D eigenvalue weighted by Crippen LogP contribution is 2.56. The predicted octanol–water partition coefficient (Wildman–Crippen LogP) is 4.11. The Labute approximate surface area is 89.3 Å². The molecule has 0 N–H and O–H groups in total. The minimum atomic E-state index is -0.758. The van der Waals surface area contributed by atoms with E-state index in [1.54, 1.807) is 6.07 Å². The zero-order valence-electron chi connectivity index (χ0n) is 9.35. The molecule has 0 heterocycles. The Morgan fingerprint density at radius 1 is 1.13 bits per heavy atom. The number of benzene rings is 1. The van der Waals surface area contributed by atoms with Crippen LogP contribution < -0.4 is 0 Å². The molecule has 15 heavy (non-hydrogen) atoms. The molecule has 1 aromatic carbocycles. The van der Waals surface area contributed by atoms with Gasteiger partial charge in [0, 0.05) is 0 Å². The second-order valence-electron chi connectivity index (χ2n) is 5.49. The van der Waals surface area contributed by atoms with Crippen LogP contribution in [0, 0.1) is 23.0 Å². The third kappa shape index (κ3) is 2.04. The maximum atomic E-state index is 13.0. The first-order valence-electron chi connectivity index (χ1n) is 5.34. The number of halogens is 2. The van der Waals surface area contributed by atoms with Gasteiger partial charge in [0.15, 0.2) is 11.6 Å². The summed E-state index contributed by atoms with van der Waals surface area (Å²) in [6.45, 7) is 6.58. The molecule has 1 saturated carbocycles. The molecule has 0 nitrogen and oxygen atoms in total. The van der Waals surface area contributed by atoms with E-state index < -0.39 is 11.6 Å². The summed E-state index contributed by atoms with van der Waals surface area (Å²) in [4.78, 5) is 0. The number of hydrogen-bond donors (Lipinski definition) is 0. The summed E-state index contributed by atoms with van der Waals surface area (Å²) in [7, 11) is 0. The third-order valence-electron chi connectivity index (χ3n) is 3.27. The van der Waals surface area contributed by atoms with Crippen LogP contribution in [-0.2, 0) is 0 Å². The Hall–Kier alpha value is -0.920. The number of hydrogen-bond acceptors (Lipinski definition) is 0. The monoisotopic (exact) mass is 210 g/mol. The summed E-state index contributed by atoms with van der Waals surface area (Å²) in [5, 5.41) is 0. The Balaban J connectivity index is 2.17. The molecule has 1 fully saturated rings. The first kappa shape index (κ1) is 10.6. The van der Waals surface area contributed by atoms with E-state index in [1.165, 1.54) is 12.1 Å². The van der Waals surface area contributed by atoms with Crippen LogP contribution in [-0.4, -0.2) is 0 Å². The van der Waals surface area contributed by atoms with E-state index in [-0.39, 0.29) is 5.41 Å². The molecule has 0 spiro atoms. The summed E-state index contributed by atoms with van der Waals surface area (Å²) >= 11 is 0. The standard InChI is InChI=1S/C13H16F2/c1-13(2,3)10-7-9(10)8-4-5-11(14)12(15)6-8/h4-6,9-10H,7H2,1-3H3. The van der Waals surface area contributed by atoms with Crippen molar-refractivity contribution in [2.75, 3.05) is 0 Å². The first-order chi connectivity index (χ1) is 6.89. The fourth-order valence-electron chi connectivity index (χ4n) is 2.26. The average Bonchev–Trinajstić information content (AvgIpc) is 2.87. The highest BCUT2D eigenvalue weighted by molar-refractivity contribution is 5.28. The molecule has 2 atom stereocenters. The van der Waals surface area contributed by atoms with Gasteiger partial charge in [-0.15, -0.1) is 0 Å². The lowest BCUT2D eigenvalue weighted by Crippen LogP contribution is -2.09. The average molecular weight is 210 g/mol. The van der Waals surface area contributed by atoms with Crippen molar-refractivity contribution >= 4 is 0 Å². The van der Waals surface area contributed by atoms with Crippen LogP contribution >= 0.6 is 0 Å². The van der Waals surface area contributed by atoms with Gasteiger partial charge >= 0.3 is 0 Å². The molecule has 0 radical (unpaired) electrons. The van der Waals surface area contributed by atoms with E-state index in [0.29, 0.717) is 11.8 Å². The molecule has 0 bridgehead atoms. The highest BCUT2D eigenvalue weighted by Gasteiger charge is 2.45. The zero-order chi connectivity index (χ0) is 11.2. The summed E-state index contributed by atoms with van der Waals surface area (Å²) in [5.74, 6) is -0.471. The molecule has 0 amide bonds. The Kier molecular flexibility index (Phi) is 2.32. The van der Waals surface area contributed by atoms with Crippen molar-refractivity contribution in [2.45, 2.75) is 33.1 Å². The molecule has 1 aliphatic rings. The topological polar surface area (TPSA) is 0 Å². The molecule has 1 aliphatic carbocycles. The van der Waals surface area contributed by atoms with Crippen LogP contribution in [0.2, 0.25) is 0 Å². The lowest BCUT2D eigenvalue weighted by molar-refractivity contribution is 0.343. The third-order valence-corrected chi connectivity index (χ3v) is 3.27. The smallest absolute Gasteiger partial charge is 0.159 e. The molecule has 82 valence electrons. The van der Waals surface area contributed by atoms with Gasteiger partial charge in [-0.2, -0.15) is 0 Å². The minimum Gasteiger partial charge on any atom is -0.204 e. The predicted molar refractivity (Wildman–Crippen MR) is 56.7 cm³/mol. The van der Waals surface area contributed by atoms with Crippen molar-refractivity contribution in [1.82, 2.24) is 0 Å². The van der Waals surface area contributed by atoms with E-state index in [9.17, 15) is 8.78 Å². The summed E-state index contributed by atoms with van der Waals surface area (Å²) in [5.41, 5.74) is 1.20. The van der Waals surface area contributed by atoms with Gasteiger partial charge in [0.1, 0.15) is 0 Å². The van der Waals surface area contributed by atoms with Crippen molar-refractivity contribution in [1.29, 1.82) is 0 Å². The van der Waals surface area contributed by atoms with E-state index in [1.807, 2.05) is 0 Å². The second-order valence-corrected chi connectivity index (χ2v) is 5.49. The lowest BCUT2D eigenvalue weighted by atomic mass is 9.87. The van der Waals surface area contributed by atoms with Gasteiger partial charge in [0.25, 0.3) is 0 Å². The van der Waals surface area contributed by atoms with E-state index in [0.717, 1.165) is 12.0 Å². The molecular formula is C13H16F2. The maximum absolute atomic E-state index is 13.0. The van der Waals surface area contributed by atoms with Gasteiger partial charge in [0.05, 0.1) is 0 Å². The molecule has 1 aromatic rings. The lowest BCUT2D eigenvalue weighted by Gasteiger charge is -2.18. The van der Waals surface area contributed by atoms with Crippen LogP contribution in [0.15, 0.2) is 18.2 Å². The number of rotatable bonds is 1. The van der Waals surface area contributed by atoms with Crippen molar-refractivity contribution in [3.63, 3.8) is 0 Å². The second kappa shape index (κ2) is 3.29. The van der Waals surface area contributed by atoms with Crippen LogP contribution in [0.25, 0.3) is 0 Å². The normalized spacial score (nSPS) is 25.4. The minimum absolute atomic E-state index is 0.259. The molecule has 2 rings (SSSR count). The maximum Gasteiger partial charge on any atom is 0.159 e. The summed E-state index contributed by atoms with van der Waals surface area (Å²) < 4.78 is 25.8. The van der Waals surface area contributed by atoms with Crippen LogP contribution in [0.4, 0.5) is 8.78 Å². The van der Waals surface area contributed by atoms with Crippen molar-refractivity contribution in [3.05, 3.63) is 35.4 Å². The Morgan fingerprint density at radius 3 is 2.27 bits per heavy atom. The zero-order valence-corrected chi connectivity index (χ0v) is 9.35. The fourth-order valence-corrected chi connectivity index (χ4v) is 2.26. The summed E-state index contributed by atoms with van der Waals surface area (Å²) in [6, 6.07) is 4.27. The van der Waals surface area contributed by atoms with Crippen LogP contribution in [0.5, 0.6) is 0 Å². The molecule has 0 aromatic heterocycles. The van der Waals surface area contributed by atoms with Gasteiger partial charge in [-0.05, 0) is 41.4 Å². The van der Waals surface area contributed by atoms with Gasteiger partial charge < -0.3 is 0 Å². The summed E-state index contributed by atoms with van der Waals surface area (Å²) in [6.07, 6.45) is 1.09. The van der Waals surface area contributed by atoms with Crippen molar-refractivity contribution < 1.29 is 8.78 Å². The van der Waals surface area contributed by atoms with Crippen molar-refractivity contribution in [2.24, 2.45) is 11.3 Å². The Bertz CT molecular complexity index is 377. The van der Waals surface area contributed by atoms with E-state index in [2.05, 4.69) is 20.8 Å². The van der Waals surface area contributed by atoms with E-state index in [4.69, 9.17) is 0 Å². The molecule has 2 unspecified atom stereocenters. The molecule has 2 heteroatoms. The van der Waals surface area contributed by atoms with Crippen LogP contribution in [0.1, 0.15) is 38.7 Å². The van der Waals surface area contributed by atoms with E-state index >= 15 is 0 Å². The quantitative estimate of drug-likeness (QED) is 0.654. The van der Waals surface area contributed by atoms with Gasteiger partial charge in [-0.1, -0.05) is 26.8 Å². The largest absolute Gasteiger partial charge is 0.204 e. The molecule has 0 aliphatic heterocycles.